The lowest BCUT2D eigenvalue weighted by atomic mass is 10.1. The molecule has 0 aliphatic rings. The normalized spacial score (nSPS) is 12.9. The van der Waals surface area contributed by atoms with Gasteiger partial charge in [0.15, 0.2) is 0 Å². The van der Waals surface area contributed by atoms with Crippen LogP contribution in [-0.4, -0.2) is 19.9 Å². The van der Waals surface area contributed by atoms with Crippen molar-refractivity contribution in [2.24, 2.45) is 0 Å². The molecule has 2 aromatic rings. The van der Waals surface area contributed by atoms with E-state index < -0.39 is 6.10 Å². The summed E-state index contributed by atoms with van der Waals surface area (Å²) in [5, 5.41) is 16.6. The average molecular weight is 314 g/mol. The van der Waals surface area contributed by atoms with Crippen molar-refractivity contribution in [2.75, 3.05) is 0 Å². The molecule has 0 saturated heterocycles. The van der Waals surface area contributed by atoms with E-state index in [-0.39, 0.29) is 0 Å². The molecule has 2 rings (SSSR count). The van der Waals surface area contributed by atoms with E-state index in [2.05, 4.69) is 10.1 Å². The number of aliphatic hydroxyl groups excluding tert-OH is 1. The van der Waals surface area contributed by atoms with Crippen molar-refractivity contribution in [1.29, 1.82) is 0 Å². The number of aryl methyl sites for hydroxylation is 4. The maximum absolute atomic E-state index is 10.5. The Morgan fingerprint density at radius 2 is 2.05 bits per heavy atom. The predicted molar refractivity (Wildman–Crippen MR) is 82.5 cm³/mol. The maximum atomic E-state index is 10.5. The Morgan fingerprint density at radius 1 is 1.35 bits per heavy atom. The summed E-state index contributed by atoms with van der Waals surface area (Å²) in [5.41, 5.74) is 2.70. The zero-order chi connectivity index (χ0) is 14.9. The van der Waals surface area contributed by atoms with Gasteiger partial charge in [-0.15, -0.1) is 11.3 Å². The quantitative estimate of drug-likeness (QED) is 0.919. The molecule has 0 amide bonds. The molecular weight excluding hydrogens is 294 g/mol. The molecule has 0 aliphatic carbocycles. The highest BCUT2D eigenvalue weighted by Gasteiger charge is 2.21. The highest BCUT2D eigenvalue weighted by atomic mass is 35.5. The molecule has 2 aromatic heterocycles. The Bertz CT molecular complexity index is 606. The third-order valence-electron chi connectivity index (χ3n) is 3.32. The van der Waals surface area contributed by atoms with Crippen LogP contribution < -0.4 is 0 Å². The summed E-state index contributed by atoms with van der Waals surface area (Å²) < 4.78 is 1.88. The SMILES string of the molecule is CCc1nn(CC)c(CC(O)c2sc(C)nc2C)c1Cl. The molecule has 6 heteroatoms. The lowest BCUT2D eigenvalue weighted by molar-refractivity contribution is 0.178. The number of thiazole rings is 1. The van der Waals surface area contributed by atoms with Crippen LogP contribution in [-0.2, 0) is 19.4 Å². The molecule has 1 N–H and O–H groups in total. The van der Waals surface area contributed by atoms with Gasteiger partial charge in [0.1, 0.15) is 0 Å². The van der Waals surface area contributed by atoms with E-state index in [1.807, 2.05) is 32.4 Å². The van der Waals surface area contributed by atoms with Crippen molar-refractivity contribution in [3.05, 3.63) is 32.0 Å². The predicted octanol–water partition coefficient (Wildman–Crippen LogP) is 3.47. The number of hydrogen-bond acceptors (Lipinski definition) is 4. The van der Waals surface area contributed by atoms with Gasteiger partial charge < -0.3 is 5.11 Å². The van der Waals surface area contributed by atoms with Crippen LogP contribution in [0, 0.1) is 13.8 Å². The van der Waals surface area contributed by atoms with Gasteiger partial charge in [-0.25, -0.2) is 4.98 Å². The zero-order valence-electron chi connectivity index (χ0n) is 12.3. The molecule has 0 aliphatic heterocycles. The molecule has 0 spiro atoms. The van der Waals surface area contributed by atoms with Gasteiger partial charge in [0, 0.05) is 13.0 Å². The third kappa shape index (κ3) is 2.90. The summed E-state index contributed by atoms with van der Waals surface area (Å²) in [4.78, 5) is 5.28. The summed E-state index contributed by atoms with van der Waals surface area (Å²) >= 11 is 7.92. The number of nitrogens with zero attached hydrogens (tertiary/aromatic N) is 3. The number of rotatable bonds is 5. The van der Waals surface area contributed by atoms with Gasteiger partial charge in [0.2, 0.25) is 0 Å². The largest absolute Gasteiger partial charge is 0.387 e. The number of hydrogen-bond donors (Lipinski definition) is 1. The molecule has 110 valence electrons. The van der Waals surface area contributed by atoms with Crippen LogP contribution in [0.15, 0.2) is 0 Å². The minimum Gasteiger partial charge on any atom is -0.387 e. The monoisotopic (exact) mass is 313 g/mol. The second-order valence-electron chi connectivity index (χ2n) is 4.78. The fourth-order valence-electron chi connectivity index (χ4n) is 2.34. The van der Waals surface area contributed by atoms with Gasteiger partial charge in [-0.1, -0.05) is 18.5 Å². The Balaban J connectivity index is 2.29. The first kappa shape index (κ1) is 15.5. The minimum absolute atomic E-state index is 0.474. The Kier molecular flexibility index (Phi) is 4.83. The Morgan fingerprint density at radius 3 is 2.55 bits per heavy atom. The van der Waals surface area contributed by atoms with Crippen LogP contribution in [0.5, 0.6) is 0 Å². The molecular formula is C14H20ClN3OS. The fraction of sp³-hybridized carbons (Fsp3) is 0.571. The van der Waals surface area contributed by atoms with Crippen molar-refractivity contribution in [2.45, 2.75) is 53.2 Å². The maximum Gasteiger partial charge on any atom is 0.0956 e. The Hall–Kier alpha value is -0.910. The highest BCUT2D eigenvalue weighted by molar-refractivity contribution is 7.11. The summed E-state index contributed by atoms with van der Waals surface area (Å²) in [6.45, 7) is 8.69. The van der Waals surface area contributed by atoms with Gasteiger partial charge in [-0.3, -0.25) is 4.68 Å². The van der Waals surface area contributed by atoms with Crippen molar-refractivity contribution < 1.29 is 5.11 Å². The second kappa shape index (κ2) is 6.24. The van der Waals surface area contributed by atoms with Crippen LogP contribution in [0.25, 0.3) is 0 Å². The van der Waals surface area contributed by atoms with Gasteiger partial charge in [-0.2, -0.15) is 5.10 Å². The fourth-order valence-corrected chi connectivity index (χ4v) is 3.60. The van der Waals surface area contributed by atoms with Crippen LogP contribution in [0.1, 0.15) is 46.9 Å². The lowest BCUT2D eigenvalue weighted by Crippen LogP contribution is -2.08. The van der Waals surface area contributed by atoms with E-state index in [1.54, 1.807) is 0 Å². The first-order valence-electron chi connectivity index (χ1n) is 6.83. The molecule has 1 unspecified atom stereocenters. The van der Waals surface area contributed by atoms with Crippen molar-refractivity contribution in [1.82, 2.24) is 14.8 Å². The lowest BCUT2D eigenvalue weighted by Gasteiger charge is -2.11. The molecule has 20 heavy (non-hydrogen) atoms. The number of halogens is 1. The summed E-state index contributed by atoms with van der Waals surface area (Å²) in [5.74, 6) is 0. The molecule has 0 fully saturated rings. The van der Waals surface area contributed by atoms with E-state index in [1.165, 1.54) is 11.3 Å². The van der Waals surface area contributed by atoms with Crippen LogP contribution >= 0.6 is 22.9 Å². The van der Waals surface area contributed by atoms with E-state index >= 15 is 0 Å². The molecule has 0 saturated carbocycles. The van der Waals surface area contributed by atoms with E-state index in [0.717, 1.165) is 39.9 Å². The topological polar surface area (TPSA) is 50.9 Å². The highest BCUT2D eigenvalue weighted by Crippen LogP contribution is 2.30. The van der Waals surface area contributed by atoms with Gasteiger partial charge in [-0.05, 0) is 27.2 Å². The zero-order valence-corrected chi connectivity index (χ0v) is 13.8. The third-order valence-corrected chi connectivity index (χ3v) is 4.93. The first-order chi connectivity index (χ1) is 9.47. The molecule has 0 aromatic carbocycles. The molecule has 1 atom stereocenters. The van der Waals surface area contributed by atoms with Crippen LogP contribution in [0.2, 0.25) is 5.02 Å². The Labute approximate surface area is 128 Å². The first-order valence-corrected chi connectivity index (χ1v) is 8.03. The van der Waals surface area contributed by atoms with Crippen molar-refractivity contribution >= 4 is 22.9 Å². The minimum atomic E-state index is -0.578. The van der Waals surface area contributed by atoms with Crippen LogP contribution in [0.4, 0.5) is 0 Å². The van der Waals surface area contributed by atoms with Crippen molar-refractivity contribution in [3.8, 4) is 0 Å². The van der Waals surface area contributed by atoms with E-state index in [4.69, 9.17) is 11.6 Å². The summed E-state index contributed by atoms with van der Waals surface area (Å²) in [6.07, 6.45) is 0.695. The molecule has 2 heterocycles. The number of aromatic nitrogens is 3. The molecule has 4 nitrogen and oxygen atoms in total. The average Bonchev–Trinajstić information content (AvgIpc) is 2.90. The van der Waals surface area contributed by atoms with E-state index in [0.29, 0.717) is 11.4 Å². The molecule has 0 bridgehead atoms. The standard InChI is InChI=1S/C14H20ClN3OS/c1-5-10-13(15)11(18(6-2)17-10)7-12(19)14-8(3)16-9(4)20-14/h12,19H,5-7H2,1-4H3. The van der Waals surface area contributed by atoms with Crippen molar-refractivity contribution in [3.63, 3.8) is 0 Å². The van der Waals surface area contributed by atoms with Gasteiger partial charge in [0.05, 0.1) is 38.1 Å². The second-order valence-corrected chi connectivity index (χ2v) is 6.39. The van der Waals surface area contributed by atoms with Gasteiger partial charge >= 0.3 is 0 Å². The summed E-state index contributed by atoms with van der Waals surface area (Å²) in [6, 6.07) is 0. The summed E-state index contributed by atoms with van der Waals surface area (Å²) in [7, 11) is 0. The van der Waals surface area contributed by atoms with Crippen LogP contribution in [0.3, 0.4) is 0 Å². The molecule has 0 radical (unpaired) electrons. The van der Waals surface area contributed by atoms with E-state index in [9.17, 15) is 5.11 Å². The smallest absolute Gasteiger partial charge is 0.0956 e. The number of aliphatic hydroxyl groups is 1. The van der Waals surface area contributed by atoms with Gasteiger partial charge in [0.25, 0.3) is 0 Å².